The predicted molar refractivity (Wildman–Crippen MR) is 70.6 cm³/mol. The summed E-state index contributed by atoms with van der Waals surface area (Å²) in [6.45, 7) is 3.11. The molecule has 5 nitrogen and oxygen atoms in total. The fourth-order valence-corrected chi connectivity index (χ4v) is 2.24. The van der Waals surface area contributed by atoms with Crippen LogP contribution in [0.25, 0.3) is 5.76 Å². The van der Waals surface area contributed by atoms with Gasteiger partial charge in [-0.1, -0.05) is 24.3 Å². The van der Waals surface area contributed by atoms with Crippen molar-refractivity contribution in [2.75, 3.05) is 6.61 Å². The molecular formula is C15H13NO4. The van der Waals surface area contributed by atoms with E-state index < -0.39 is 28.5 Å². The molecule has 0 bridgehead atoms. The minimum absolute atomic E-state index is 0.0772. The molecule has 0 saturated carbocycles. The molecule has 0 radical (unpaired) electrons. The molecule has 0 unspecified atom stereocenters. The average molecular weight is 271 g/mol. The first-order valence-corrected chi connectivity index (χ1v) is 6.13. The first-order valence-electron chi connectivity index (χ1n) is 6.13. The Hall–Kier alpha value is -2.61. The summed E-state index contributed by atoms with van der Waals surface area (Å²) >= 11 is 0. The molecule has 0 aliphatic heterocycles. The van der Waals surface area contributed by atoms with E-state index in [0.29, 0.717) is 11.1 Å². The number of nitrogens with zero attached hydrogens (tertiary/aromatic N) is 1. The van der Waals surface area contributed by atoms with E-state index in [-0.39, 0.29) is 6.61 Å². The summed E-state index contributed by atoms with van der Waals surface area (Å²) in [6.07, 6.45) is 0. The van der Waals surface area contributed by atoms with Gasteiger partial charge in [0.2, 0.25) is 0 Å². The number of hydrogen-bond donors (Lipinski definition) is 1. The van der Waals surface area contributed by atoms with Gasteiger partial charge in [-0.3, -0.25) is 4.79 Å². The van der Waals surface area contributed by atoms with E-state index in [9.17, 15) is 20.0 Å². The van der Waals surface area contributed by atoms with E-state index in [2.05, 4.69) is 0 Å². The number of aliphatic hydroxyl groups is 1. The molecule has 1 aliphatic carbocycles. The third-order valence-electron chi connectivity index (χ3n) is 3.34. The van der Waals surface area contributed by atoms with Crippen LogP contribution in [0, 0.1) is 11.3 Å². The van der Waals surface area contributed by atoms with E-state index in [1.807, 2.05) is 6.07 Å². The van der Waals surface area contributed by atoms with Crippen molar-refractivity contribution >= 4 is 17.5 Å². The van der Waals surface area contributed by atoms with E-state index in [4.69, 9.17) is 4.74 Å². The molecule has 0 spiro atoms. The summed E-state index contributed by atoms with van der Waals surface area (Å²) in [4.78, 5) is 24.3. The molecule has 1 aliphatic rings. The minimum atomic E-state index is -1.51. The van der Waals surface area contributed by atoms with Crippen LogP contribution in [-0.2, 0) is 19.7 Å². The maximum atomic E-state index is 12.4. The second-order valence-corrected chi connectivity index (χ2v) is 4.56. The molecule has 1 aromatic carbocycles. The average Bonchev–Trinajstić information content (AvgIpc) is 2.45. The van der Waals surface area contributed by atoms with Crippen molar-refractivity contribution in [2.45, 2.75) is 19.3 Å². The third kappa shape index (κ3) is 1.77. The maximum Gasteiger partial charge on any atom is 0.345 e. The van der Waals surface area contributed by atoms with Crippen LogP contribution in [0.3, 0.4) is 0 Å². The Morgan fingerprint density at radius 2 is 2.10 bits per heavy atom. The van der Waals surface area contributed by atoms with Crippen LogP contribution in [0.4, 0.5) is 0 Å². The number of carbonyl (C=O) groups excluding carboxylic acids is 2. The lowest BCUT2D eigenvalue weighted by Crippen LogP contribution is -2.39. The zero-order valence-corrected chi connectivity index (χ0v) is 11.1. The molecule has 102 valence electrons. The third-order valence-corrected chi connectivity index (χ3v) is 3.34. The van der Waals surface area contributed by atoms with Crippen molar-refractivity contribution in [3.05, 3.63) is 41.0 Å². The van der Waals surface area contributed by atoms with E-state index in [1.165, 1.54) is 6.92 Å². The van der Waals surface area contributed by atoms with Gasteiger partial charge < -0.3 is 9.84 Å². The Balaban J connectivity index is 2.74. The Kier molecular flexibility index (Phi) is 3.33. The van der Waals surface area contributed by atoms with Gasteiger partial charge in [0.05, 0.1) is 12.7 Å². The monoisotopic (exact) mass is 271 g/mol. The molecule has 1 atom stereocenters. The van der Waals surface area contributed by atoms with Gasteiger partial charge in [-0.15, -0.1) is 0 Å². The lowest BCUT2D eigenvalue weighted by atomic mass is 9.71. The largest absolute Gasteiger partial charge is 0.506 e. The van der Waals surface area contributed by atoms with E-state index in [0.717, 1.165) is 0 Å². The Morgan fingerprint density at radius 1 is 1.45 bits per heavy atom. The van der Waals surface area contributed by atoms with Crippen molar-refractivity contribution < 1.29 is 19.4 Å². The van der Waals surface area contributed by atoms with Crippen molar-refractivity contribution in [2.24, 2.45) is 0 Å². The minimum Gasteiger partial charge on any atom is -0.506 e. The number of aliphatic hydroxyl groups excluding tert-OH is 1. The highest BCUT2D eigenvalue weighted by molar-refractivity contribution is 6.27. The van der Waals surface area contributed by atoms with Crippen LogP contribution in [0.15, 0.2) is 29.8 Å². The van der Waals surface area contributed by atoms with Crippen LogP contribution in [-0.4, -0.2) is 23.5 Å². The van der Waals surface area contributed by atoms with Gasteiger partial charge in [0.1, 0.15) is 16.7 Å². The number of carbonyl (C=O) groups is 2. The second-order valence-electron chi connectivity index (χ2n) is 4.56. The number of ketones is 1. The number of rotatable bonds is 2. The quantitative estimate of drug-likeness (QED) is 0.655. The highest BCUT2D eigenvalue weighted by Crippen LogP contribution is 2.39. The smallest absolute Gasteiger partial charge is 0.345 e. The number of nitriles is 1. The van der Waals surface area contributed by atoms with Gasteiger partial charge in [-0.25, -0.2) is 4.79 Å². The summed E-state index contributed by atoms with van der Waals surface area (Å²) in [7, 11) is 0. The van der Waals surface area contributed by atoms with Gasteiger partial charge in [0.15, 0.2) is 5.78 Å². The van der Waals surface area contributed by atoms with Gasteiger partial charge in [-0.05, 0) is 19.4 Å². The first-order chi connectivity index (χ1) is 9.47. The summed E-state index contributed by atoms with van der Waals surface area (Å²) in [5.74, 6) is -2.09. The van der Waals surface area contributed by atoms with Gasteiger partial charge in [0, 0.05) is 5.56 Å². The highest BCUT2D eigenvalue weighted by atomic mass is 16.5. The van der Waals surface area contributed by atoms with Crippen LogP contribution >= 0.6 is 0 Å². The second kappa shape index (κ2) is 4.82. The molecule has 5 heteroatoms. The molecule has 0 fully saturated rings. The number of fused-ring (bicyclic) bond motifs is 1. The normalized spacial score (nSPS) is 21.1. The molecule has 1 aromatic rings. The number of hydrogen-bond acceptors (Lipinski definition) is 5. The Bertz CT molecular complexity index is 669. The molecular weight excluding hydrogens is 258 g/mol. The molecule has 0 heterocycles. The number of Topliss-reactive ketones (excluding diaryl/α,β-unsaturated/α-hetero) is 1. The van der Waals surface area contributed by atoms with Crippen molar-refractivity contribution in [3.63, 3.8) is 0 Å². The SMILES string of the molecule is CCOC(=O)C1=C(O)c2ccccc2[C@@](C)(C#N)C1=O. The lowest BCUT2D eigenvalue weighted by molar-refractivity contribution is -0.140. The fourth-order valence-electron chi connectivity index (χ4n) is 2.24. The van der Waals surface area contributed by atoms with E-state index >= 15 is 0 Å². The Morgan fingerprint density at radius 3 is 2.70 bits per heavy atom. The van der Waals surface area contributed by atoms with Crippen LogP contribution in [0.5, 0.6) is 0 Å². The number of esters is 1. The standard InChI is InChI=1S/C15H13NO4/c1-3-20-14(19)11-12(17)9-6-4-5-7-10(9)15(2,8-16)13(11)18/h4-7,17H,3H2,1-2H3/t15-/m1/s1. The lowest BCUT2D eigenvalue weighted by Gasteiger charge is -2.28. The van der Waals surface area contributed by atoms with Gasteiger partial charge in [0.25, 0.3) is 0 Å². The highest BCUT2D eigenvalue weighted by Gasteiger charge is 2.47. The molecule has 20 heavy (non-hydrogen) atoms. The van der Waals surface area contributed by atoms with Gasteiger partial charge in [-0.2, -0.15) is 5.26 Å². The fraction of sp³-hybridized carbons (Fsp3) is 0.267. The summed E-state index contributed by atoms with van der Waals surface area (Å²) in [5.41, 5.74) is -1.28. The van der Waals surface area contributed by atoms with Crippen LogP contribution in [0.1, 0.15) is 25.0 Å². The molecule has 0 saturated heterocycles. The van der Waals surface area contributed by atoms with Crippen molar-refractivity contribution in [1.82, 2.24) is 0 Å². The summed E-state index contributed by atoms with van der Waals surface area (Å²) in [5, 5.41) is 19.5. The van der Waals surface area contributed by atoms with Gasteiger partial charge >= 0.3 is 5.97 Å². The zero-order valence-electron chi connectivity index (χ0n) is 11.1. The van der Waals surface area contributed by atoms with E-state index in [1.54, 1.807) is 31.2 Å². The summed E-state index contributed by atoms with van der Waals surface area (Å²) < 4.78 is 4.79. The molecule has 1 N–H and O–H groups in total. The first kappa shape index (κ1) is 13.8. The summed E-state index contributed by atoms with van der Waals surface area (Å²) in [6, 6.07) is 8.41. The number of benzene rings is 1. The van der Waals surface area contributed by atoms with Crippen LogP contribution in [0.2, 0.25) is 0 Å². The zero-order chi connectivity index (χ0) is 14.9. The van der Waals surface area contributed by atoms with Crippen LogP contribution < -0.4 is 0 Å². The Labute approximate surface area is 116 Å². The predicted octanol–water partition coefficient (Wildman–Crippen LogP) is 1.88. The molecule has 0 amide bonds. The van der Waals surface area contributed by atoms with Crippen molar-refractivity contribution in [1.29, 1.82) is 5.26 Å². The molecule has 0 aromatic heterocycles. The molecule has 2 rings (SSSR count). The van der Waals surface area contributed by atoms with Crippen molar-refractivity contribution in [3.8, 4) is 6.07 Å². The number of ether oxygens (including phenoxy) is 1. The topological polar surface area (TPSA) is 87.4 Å². The maximum absolute atomic E-state index is 12.4.